The number of nitrogens with zero attached hydrogens (tertiary/aromatic N) is 1. The summed E-state index contributed by atoms with van der Waals surface area (Å²) in [5.41, 5.74) is -0.687. The average Bonchev–Trinajstić information content (AvgIpc) is 3.48. The van der Waals surface area contributed by atoms with Gasteiger partial charge in [0.15, 0.2) is 0 Å². The van der Waals surface area contributed by atoms with Crippen molar-refractivity contribution >= 4 is 13.6 Å². The molecule has 0 aromatic carbocycles. The third-order valence-electron chi connectivity index (χ3n) is 11.9. The first-order valence-corrected chi connectivity index (χ1v) is 17.0. The van der Waals surface area contributed by atoms with Gasteiger partial charge in [0, 0.05) is 38.1 Å². The molecule has 0 amide bonds. The lowest BCUT2D eigenvalue weighted by Gasteiger charge is -2.60. The van der Waals surface area contributed by atoms with Crippen LogP contribution in [0.4, 0.5) is 0 Å². The fourth-order valence-corrected chi connectivity index (χ4v) is 10.7. The van der Waals surface area contributed by atoms with Crippen molar-refractivity contribution in [2.24, 2.45) is 34.5 Å². The Kier molecular flexibility index (Phi) is 8.02. The first-order chi connectivity index (χ1) is 19.9. The Balaban J connectivity index is 1.10. The number of aliphatic hydroxyl groups is 1. The molecular weight excluding hydrogens is 563 g/mol. The lowest BCUT2D eigenvalue weighted by Crippen LogP contribution is -2.54. The highest BCUT2D eigenvalue weighted by molar-refractivity contribution is 7.48. The summed E-state index contributed by atoms with van der Waals surface area (Å²) in [6, 6.07) is 0. The molecule has 4 aliphatic carbocycles. The van der Waals surface area contributed by atoms with Crippen LogP contribution >= 0.6 is 7.82 Å². The maximum Gasteiger partial charge on any atom is 0.474 e. The largest absolute Gasteiger partial charge is 0.474 e. The molecule has 5 fully saturated rings. The number of aryl methyl sites for hydroxylation is 1. The van der Waals surface area contributed by atoms with E-state index in [2.05, 4.69) is 18.8 Å². The third kappa shape index (κ3) is 5.12. The fraction of sp³-hybridized carbons (Fsp3) is 0.833. The van der Waals surface area contributed by atoms with Crippen LogP contribution in [0.3, 0.4) is 0 Å². The minimum absolute atomic E-state index is 0.108. The minimum atomic E-state index is -3.97. The summed E-state index contributed by atoms with van der Waals surface area (Å²) in [6.07, 6.45) is 7.13. The second kappa shape index (κ2) is 11.1. The van der Waals surface area contributed by atoms with Gasteiger partial charge in [-0.3, -0.25) is 32.7 Å². The van der Waals surface area contributed by atoms with Gasteiger partial charge in [-0.1, -0.05) is 13.8 Å². The molecular formula is C30H45N2O9P. The fourth-order valence-electron chi connectivity index (χ4n) is 9.45. The monoisotopic (exact) mass is 608 g/mol. The van der Waals surface area contributed by atoms with Crippen molar-refractivity contribution in [3.8, 4) is 0 Å². The number of phosphoric ester groups is 1. The number of Topliss-reactive ketones (excluding diaryl/α,β-unsaturated/α-hetero) is 1. The molecule has 0 radical (unpaired) electrons. The molecule has 6 rings (SSSR count). The zero-order valence-corrected chi connectivity index (χ0v) is 26.0. The number of aliphatic hydroxyl groups excluding tert-OH is 1. The molecule has 4 saturated carbocycles. The predicted octanol–water partition coefficient (Wildman–Crippen LogP) is 4.26. The van der Waals surface area contributed by atoms with E-state index in [-0.39, 0.29) is 30.0 Å². The van der Waals surface area contributed by atoms with Crippen molar-refractivity contribution in [1.29, 1.82) is 0 Å². The number of rotatable bonds is 7. The quantitative estimate of drug-likeness (QED) is 0.434. The molecule has 2 N–H and O–H groups in total. The summed E-state index contributed by atoms with van der Waals surface area (Å²) in [7, 11) is -2.67. The number of phosphoric acid groups is 1. The Morgan fingerprint density at radius 1 is 1.10 bits per heavy atom. The summed E-state index contributed by atoms with van der Waals surface area (Å²) < 4.78 is 38.1. The normalized spacial score (nSPS) is 42.9. The van der Waals surface area contributed by atoms with Gasteiger partial charge < -0.3 is 9.84 Å². The standard InChI is InChI=1S/C30H45N2O9P/c1-17-15-32(28(36)31-27(17)35)26-14-23(34)24(40-26)16-39-42(37,38-4)41-25-8-7-21-20-6-5-18-13-19(33)9-11-29(18,2)22(20)10-12-30(21,25)3/h15,18,20-26,34H,5-14,16H2,1-4H3,(H,31,35,36)/t18-,20?,21-,22?,23?,24?,25-,26?,29-,30-,42?/m0/s1. The highest BCUT2D eigenvalue weighted by Crippen LogP contribution is 2.68. The highest BCUT2D eigenvalue weighted by Gasteiger charge is 2.61. The van der Waals surface area contributed by atoms with Crippen LogP contribution in [0.5, 0.6) is 0 Å². The Morgan fingerprint density at radius 3 is 2.62 bits per heavy atom. The van der Waals surface area contributed by atoms with Gasteiger partial charge >= 0.3 is 13.5 Å². The molecule has 5 aliphatic rings. The van der Waals surface area contributed by atoms with Crippen LogP contribution in [0, 0.1) is 41.4 Å². The van der Waals surface area contributed by atoms with E-state index in [9.17, 15) is 24.1 Å². The topological polar surface area (TPSA) is 146 Å². The zero-order valence-electron chi connectivity index (χ0n) is 25.1. The van der Waals surface area contributed by atoms with Crippen LogP contribution in [0.1, 0.15) is 89.8 Å². The highest BCUT2D eigenvalue weighted by atomic mass is 31.2. The SMILES string of the molecule is COP(=O)(OCC1OC(n2cc(C)c(=O)[nH]c2=O)CC1O)O[C@H]1CC[C@H]2C3CC[C@H]4CC(=O)CC[C@]4(C)C3CC[C@]12C. The Bertz CT molecular complexity index is 1380. The van der Waals surface area contributed by atoms with Crippen molar-refractivity contribution in [2.45, 2.75) is 110 Å². The summed E-state index contributed by atoms with van der Waals surface area (Å²) in [6.45, 7) is 6.04. The lowest BCUT2D eigenvalue weighted by atomic mass is 9.45. The van der Waals surface area contributed by atoms with Crippen molar-refractivity contribution in [1.82, 2.24) is 9.55 Å². The van der Waals surface area contributed by atoms with Gasteiger partial charge in [0.1, 0.15) is 18.1 Å². The first-order valence-electron chi connectivity index (χ1n) is 15.5. The number of ether oxygens (including phenoxy) is 1. The number of aromatic amines is 1. The molecule has 12 heteroatoms. The molecule has 42 heavy (non-hydrogen) atoms. The molecule has 11 atom stereocenters. The number of hydrogen-bond donors (Lipinski definition) is 2. The average molecular weight is 609 g/mol. The van der Waals surface area contributed by atoms with Gasteiger partial charge in [-0.25, -0.2) is 9.36 Å². The molecule has 1 aromatic heterocycles. The number of nitrogens with one attached hydrogen (secondary N) is 1. The van der Waals surface area contributed by atoms with Gasteiger partial charge in [-0.2, -0.15) is 0 Å². The van der Waals surface area contributed by atoms with E-state index in [0.29, 0.717) is 41.4 Å². The number of ketones is 1. The number of carbonyl (C=O) groups is 1. The zero-order chi connectivity index (χ0) is 30.0. The number of fused-ring (bicyclic) bond motifs is 5. The second-order valence-electron chi connectivity index (χ2n) is 14.0. The van der Waals surface area contributed by atoms with E-state index >= 15 is 0 Å². The van der Waals surface area contributed by atoms with Gasteiger partial charge in [-0.15, -0.1) is 0 Å². The Labute approximate surface area is 246 Å². The van der Waals surface area contributed by atoms with Gasteiger partial charge in [0.05, 0.1) is 18.8 Å². The Morgan fingerprint density at radius 2 is 1.86 bits per heavy atom. The lowest BCUT2D eigenvalue weighted by molar-refractivity contribution is -0.141. The van der Waals surface area contributed by atoms with Crippen LogP contribution in [-0.2, 0) is 27.7 Å². The van der Waals surface area contributed by atoms with Gasteiger partial charge in [0.2, 0.25) is 0 Å². The van der Waals surface area contributed by atoms with Crippen LogP contribution in [0.15, 0.2) is 15.8 Å². The number of hydrogen-bond acceptors (Lipinski definition) is 9. The number of aromatic nitrogens is 2. The van der Waals surface area contributed by atoms with Crippen LogP contribution in [0.25, 0.3) is 0 Å². The maximum atomic E-state index is 13.7. The molecule has 11 nitrogen and oxygen atoms in total. The molecule has 1 aromatic rings. The molecule has 1 aliphatic heterocycles. The maximum absolute atomic E-state index is 13.7. The first kappa shape index (κ1) is 30.4. The summed E-state index contributed by atoms with van der Waals surface area (Å²) in [5, 5.41) is 10.6. The van der Waals surface area contributed by atoms with Crippen molar-refractivity contribution in [3.63, 3.8) is 0 Å². The Hall–Kier alpha value is -1.62. The molecule has 0 spiro atoms. The second-order valence-corrected chi connectivity index (χ2v) is 15.7. The van der Waals surface area contributed by atoms with E-state index in [1.165, 1.54) is 17.9 Å². The summed E-state index contributed by atoms with van der Waals surface area (Å²) in [5.74, 6) is 2.57. The van der Waals surface area contributed by atoms with Crippen LogP contribution in [-0.4, -0.2) is 52.5 Å². The van der Waals surface area contributed by atoms with Crippen molar-refractivity contribution in [3.05, 3.63) is 32.6 Å². The molecule has 6 unspecified atom stereocenters. The summed E-state index contributed by atoms with van der Waals surface area (Å²) in [4.78, 5) is 38.5. The van der Waals surface area contributed by atoms with E-state index in [1.807, 2.05) is 0 Å². The smallest absolute Gasteiger partial charge is 0.390 e. The molecule has 1 saturated heterocycles. The van der Waals surface area contributed by atoms with E-state index in [0.717, 1.165) is 51.4 Å². The van der Waals surface area contributed by atoms with Crippen molar-refractivity contribution < 1.29 is 32.8 Å². The molecule has 0 bridgehead atoms. The third-order valence-corrected chi connectivity index (χ3v) is 13.4. The van der Waals surface area contributed by atoms with E-state index in [4.69, 9.17) is 18.3 Å². The number of H-pyrrole nitrogens is 1. The molecule has 234 valence electrons. The van der Waals surface area contributed by atoms with Gasteiger partial charge in [0.25, 0.3) is 5.56 Å². The van der Waals surface area contributed by atoms with Crippen LogP contribution in [0.2, 0.25) is 0 Å². The van der Waals surface area contributed by atoms with Crippen molar-refractivity contribution in [2.75, 3.05) is 13.7 Å². The predicted molar refractivity (Wildman–Crippen MR) is 153 cm³/mol. The minimum Gasteiger partial charge on any atom is -0.390 e. The summed E-state index contributed by atoms with van der Waals surface area (Å²) >= 11 is 0. The van der Waals surface area contributed by atoms with Gasteiger partial charge in [-0.05, 0) is 86.4 Å². The van der Waals surface area contributed by atoms with E-state index in [1.54, 1.807) is 6.92 Å². The van der Waals surface area contributed by atoms with E-state index < -0.39 is 37.5 Å². The molecule has 2 heterocycles. The number of carbonyl (C=O) groups excluding carboxylic acids is 1. The van der Waals surface area contributed by atoms with Crippen LogP contribution < -0.4 is 11.2 Å².